The van der Waals surface area contributed by atoms with Crippen LogP contribution in [0.5, 0.6) is 0 Å². The fraction of sp³-hybridized carbons (Fsp3) is 0.368. The highest BCUT2D eigenvalue weighted by Crippen LogP contribution is 2.20. The maximum atomic E-state index is 12.4. The lowest BCUT2D eigenvalue weighted by Gasteiger charge is -2.35. The van der Waals surface area contributed by atoms with Crippen LogP contribution in [0.2, 0.25) is 0 Å². The first-order chi connectivity index (χ1) is 14.1. The van der Waals surface area contributed by atoms with Gasteiger partial charge in [0.25, 0.3) is 0 Å². The van der Waals surface area contributed by atoms with Gasteiger partial charge in [-0.05, 0) is 31.5 Å². The zero-order valence-electron chi connectivity index (χ0n) is 16.5. The van der Waals surface area contributed by atoms with Gasteiger partial charge < -0.3 is 15.1 Å². The number of carbonyl (C=O) groups is 1. The van der Waals surface area contributed by atoms with Crippen LogP contribution < -0.4 is 10.2 Å². The number of carbonyl (C=O) groups excluding carboxylic acids is 1. The SMILES string of the molecule is Cc1ccnc(Nc2cc(N3CCN(C(=O)Cn4cncn4)CC3)nc(C)n2)c1. The first-order valence-electron chi connectivity index (χ1n) is 9.47. The number of aryl methyl sites for hydroxylation is 2. The van der Waals surface area contributed by atoms with E-state index in [1.807, 2.05) is 36.9 Å². The Morgan fingerprint density at radius 2 is 1.93 bits per heavy atom. The topological polar surface area (TPSA) is 105 Å². The highest BCUT2D eigenvalue weighted by atomic mass is 16.2. The van der Waals surface area contributed by atoms with Crippen molar-refractivity contribution in [1.82, 2.24) is 34.6 Å². The zero-order chi connectivity index (χ0) is 20.2. The lowest BCUT2D eigenvalue weighted by atomic mass is 10.3. The van der Waals surface area contributed by atoms with Crippen LogP contribution >= 0.6 is 0 Å². The molecule has 0 spiro atoms. The summed E-state index contributed by atoms with van der Waals surface area (Å²) in [5, 5.41) is 7.24. The molecule has 150 valence electrons. The molecule has 1 N–H and O–H groups in total. The molecule has 4 rings (SSSR count). The predicted molar refractivity (Wildman–Crippen MR) is 108 cm³/mol. The van der Waals surface area contributed by atoms with Crippen molar-refractivity contribution in [2.24, 2.45) is 0 Å². The van der Waals surface area contributed by atoms with Gasteiger partial charge in [-0.25, -0.2) is 24.6 Å². The smallest absolute Gasteiger partial charge is 0.244 e. The summed E-state index contributed by atoms with van der Waals surface area (Å²) in [4.78, 5) is 33.7. The molecule has 3 aromatic heterocycles. The van der Waals surface area contributed by atoms with Crippen molar-refractivity contribution in [2.45, 2.75) is 20.4 Å². The zero-order valence-corrected chi connectivity index (χ0v) is 16.5. The van der Waals surface area contributed by atoms with Gasteiger partial charge in [0.2, 0.25) is 5.91 Å². The first-order valence-corrected chi connectivity index (χ1v) is 9.47. The molecule has 0 atom stereocenters. The third-order valence-electron chi connectivity index (χ3n) is 4.72. The molecule has 0 unspecified atom stereocenters. The Hall–Kier alpha value is -3.56. The quantitative estimate of drug-likeness (QED) is 0.689. The van der Waals surface area contributed by atoms with Crippen molar-refractivity contribution in [3.8, 4) is 0 Å². The van der Waals surface area contributed by atoms with Crippen LogP contribution in [0.25, 0.3) is 0 Å². The van der Waals surface area contributed by atoms with Crippen molar-refractivity contribution in [2.75, 3.05) is 36.4 Å². The second kappa shape index (κ2) is 8.21. The summed E-state index contributed by atoms with van der Waals surface area (Å²) >= 11 is 0. The lowest BCUT2D eigenvalue weighted by molar-refractivity contribution is -0.132. The number of hydrogen-bond acceptors (Lipinski definition) is 8. The van der Waals surface area contributed by atoms with Gasteiger partial charge in [0.05, 0.1) is 0 Å². The highest BCUT2D eigenvalue weighted by molar-refractivity contribution is 5.76. The average Bonchev–Trinajstić information content (AvgIpc) is 3.21. The van der Waals surface area contributed by atoms with E-state index in [0.717, 1.165) is 17.2 Å². The maximum absolute atomic E-state index is 12.4. The molecule has 0 saturated carbocycles. The van der Waals surface area contributed by atoms with Gasteiger partial charge in [-0.3, -0.25) is 4.79 Å². The van der Waals surface area contributed by atoms with Gasteiger partial charge >= 0.3 is 0 Å². The molecule has 10 nitrogen and oxygen atoms in total. The van der Waals surface area contributed by atoms with E-state index in [4.69, 9.17) is 0 Å². The third kappa shape index (κ3) is 4.65. The van der Waals surface area contributed by atoms with E-state index in [0.29, 0.717) is 37.8 Å². The van der Waals surface area contributed by atoms with E-state index in [9.17, 15) is 4.79 Å². The average molecular weight is 393 g/mol. The van der Waals surface area contributed by atoms with Crippen LogP contribution in [-0.2, 0) is 11.3 Å². The minimum atomic E-state index is 0.0434. The van der Waals surface area contributed by atoms with E-state index in [2.05, 4.69) is 35.3 Å². The summed E-state index contributed by atoms with van der Waals surface area (Å²) < 4.78 is 1.54. The Morgan fingerprint density at radius 3 is 2.66 bits per heavy atom. The van der Waals surface area contributed by atoms with Crippen LogP contribution in [0.15, 0.2) is 37.1 Å². The second-order valence-electron chi connectivity index (χ2n) is 6.96. The van der Waals surface area contributed by atoms with Gasteiger partial charge in [-0.15, -0.1) is 0 Å². The van der Waals surface area contributed by atoms with E-state index in [1.54, 1.807) is 17.2 Å². The monoisotopic (exact) mass is 393 g/mol. The number of hydrogen-bond donors (Lipinski definition) is 1. The summed E-state index contributed by atoms with van der Waals surface area (Å²) in [5.41, 5.74) is 1.13. The number of nitrogens with one attached hydrogen (secondary N) is 1. The molecule has 0 radical (unpaired) electrons. The fourth-order valence-corrected chi connectivity index (χ4v) is 3.25. The van der Waals surface area contributed by atoms with E-state index in [-0.39, 0.29) is 12.5 Å². The minimum absolute atomic E-state index is 0.0434. The molecule has 1 amide bonds. The predicted octanol–water partition coefficient (Wildman–Crippen LogP) is 1.17. The number of aromatic nitrogens is 6. The molecule has 1 aliphatic heterocycles. The molecule has 1 fully saturated rings. The summed E-state index contributed by atoms with van der Waals surface area (Å²) in [6.07, 6.45) is 4.75. The van der Waals surface area contributed by atoms with Gasteiger partial charge in [0, 0.05) is 38.4 Å². The molecule has 1 aliphatic rings. The molecule has 4 heterocycles. The first kappa shape index (κ1) is 18.8. The van der Waals surface area contributed by atoms with Crippen LogP contribution in [0.1, 0.15) is 11.4 Å². The van der Waals surface area contributed by atoms with Crippen molar-refractivity contribution in [1.29, 1.82) is 0 Å². The fourth-order valence-electron chi connectivity index (χ4n) is 3.25. The van der Waals surface area contributed by atoms with Crippen LogP contribution in [0.3, 0.4) is 0 Å². The van der Waals surface area contributed by atoms with Crippen molar-refractivity contribution < 1.29 is 4.79 Å². The Labute approximate surface area is 168 Å². The molecule has 0 aromatic carbocycles. The maximum Gasteiger partial charge on any atom is 0.244 e. The number of piperazine rings is 1. The summed E-state index contributed by atoms with van der Waals surface area (Å²) in [7, 11) is 0. The molecule has 29 heavy (non-hydrogen) atoms. The Bertz CT molecular complexity index is 981. The molecule has 3 aromatic rings. The van der Waals surface area contributed by atoms with Crippen molar-refractivity contribution >= 4 is 23.4 Å². The van der Waals surface area contributed by atoms with Gasteiger partial charge in [-0.1, -0.05) is 0 Å². The van der Waals surface area contributed by atoms with E-state index >= 15 is 0 Å². The molecular weight excluding hydrogens is 370 g/mol. The minimum Gasteiger partial charge on any atom is -0.353 e. The van der Waals surface area contributed by atoms with Crippen LogP contribution in [-0.4, -0.2) is 66.7 Å². The highest BCUT2D eigenvalue weighted by Gasteiger charge is 2.23. The number of pyridine rings is 1. The number of nitrogens with zero attached hydrogens (tertiary/aromatic N) is 8. The molecular formula is C19H23N9O. The normalized spacial score (nSPS) is 14.1. The Balaban J connectivity index is 1.40. The number of amides is 1. The largest absolute Gasteiger partial charge is 0.353 e. The van der Waals surface area contributed by atoms with Crippen molar-refractivity contribution in [3.05, 3.63) is 48.4 Å². The third-order valence-corrected chi connectivity index (χ3v) is 4.72. The summed E-state index contributed by atoms with van der Waals surface area (Å²) in [6.45, 7) is 6.80. The van der Waals surface area contributed by atoms with Crippen LogP contribution in [0.4, 0.5) is 17.5 Å². The second-order valence-corrected chi connectivity index (χ2v) is 6.96. The van der Waals surface area contributed by atoms with Gasteiger partial charge in [0.15, 0.2) is 0 Å². The van der Waals surface area contributed by atoms with Crippen molar-refractivity contribution in [3.63, 3.8) is 0 Å². The molecule has 1 saturated heterocycles. The van der Waals surface area contributed by atoms with Gasteiger partial charge in [0.1, 0.15) is 42.5 Å². The summed E-state index contributed by atoms with van der Waals surface area (Å²) in [6, 6.07) is 5.84. The number of anilines is 3. The standard InChI is InChI=1S/C19H23N9O/c1-14-3-4-21-16(9-14)25-17-10-18(24-15(2)23-17)26-5-7-27(8-6-26)19(29)11-28-13-20-12-22-28/h3-4,9-10,12-13H,5-8,11H2,1-2H3,(H,21,23,24,25). The van der Waals surface area contributed by atoms with Crippen LogP contribution in [0, 0.1) is 13.8 Å². The summed E-state index contributed by atoms with van der Waals surface area (Å²) in [5.74, 6) is 3.02. The Kier molecular flexibility index (Phi) is 5.32. The number of rotatable bonds is 5. The Morgan fingerprint density at radius 1 is 1.10 bits per heavy atom. The van der Waals surface area contributed by atoms with Gasteiger partial charge in [-0.2, -0.15) is 5.10 Å². The van der Waals surface area contributed by atoms with E-state index in [1.165, 1.54) is 6.33 Å². The lowest BCUT2D eigenvalue weighted by Crippen LogP contribution is -2.50. The molecule has 0 aliphatic carbocycles. The molecule has 0 bridgehead atoms. The molecule has 10 heteroatoms. The van der Waals surface area contributed by atoms with E-state index < -0.39 is 0 Å².